The van der Waals surface area contributed by atoms with Crippen LogP contribution in [0.5, 0.6) is 0 Å². The number of rotatable bonds is 4. The first kappa shape index (κ1) is 18.7. The molecule has 1 aliphatic heterocycles. The summed E-state index contributed by atoms with van der Waals surface area (Å²) in [4.78, 5) is 29.3. The fraction of sp³-hybridized carbons (Fsp3) is 0.316. The van der Waals surface area contributed by atoms with E-state index in [1.54, 1.807) is 41.5 Å². The van der Waals surface area contributed by atoms with Crippen LogP contribution < -0.4 is 10.2 Å². The molecule has 0 radical (unpaired) electrons. The minimum absolute atomic E-state index is 0.0210. The Morgan fingerprint density at radius 1 is 1.31 bits per heavy atom. The maximum Gasteiger partial charge on any atom is 0.246 e. The predicted octanol–water partition coefficient (Wildman–Crippen LogP) is 0.425. The Morgan fingerprint density at radius 3 is 2.90 bits per heavy atom. The number of aliphatic imine (C=N–C) groups is 1. The molecule has 10 heteroatoms. The summed E-state index contributed by atoms with van der Waals surface area (Å²) in [5, 5.41) is 7.50. The molecule has 1 fully saturated rings. The summed E-state index contributed by atoms with van der Waals surface area (Å²) in [6, 6.07) is 3.91. The molecule has 1 saturated heterocycles. The minimum Gasteiger partial charge on any atom is -0.352 e. The Balaban J connectivity index is 1.42. The zero-order valence-corrected chi connectivity index (χ0v) is 16.4. The van der Waals surface area contributed by atoms with Crippen molar-refractivity contribution in [2.24, 2.45) is 12.0 Å². The summed E-state index contributed by atoms with van der Waals surface area (Å²) in [5.41, 5.74) is 1.83. The highest BCUT2D eigenvalue weighted by molar-refractivity contribution is 5.98. The van der Waals surface area contributed by atoms with E-state index < -0.39 is 0 Å². The predicted molar refractivity (Wildman–Crippen MR) is 109 cm³/mol. The monoisotopic (exact) mass is 393 g/mol. The largest absolute Gasteiger partial charge is 0.352 e. The van der Waals surface area contributed by atoms with Crippen molar-refractivity contribution in [2.75, 3.05) is 31.6 Å². The van der Waals surface area contributed by atoms with Gasteiger partial charge in [-0.05, 0) is 6.07 Å². The lowest BCUT2D eigenvalue weighted by atomic mass is 10.2. The summed E-state index contributed by atoms with van der Waals surface area (Å²) in [7, 11) is 3.56. The van der Waals surface area contributed by atoms with Gasteiger partial charge in [-0.1, -0.05) is 6.07 Å². The van der Waals surface area contributed by atoms with Crippen molar-refractivity contribution in [3.63, 3.8) is 0 Å². The highest BCUT2D eigenvalue weighted by Gasteiger charge is 2.27. The van der Waals surface area contributed by atoms with E-state index in [-0.39, 0.29) is 12.5 Å². The number of pyridine rings is 1. The number of amides is 1. The van der Waals surface area contributed by atoms with Gasteiger partial charge in [0, 0.05) is 64.1 Å². The number of nitrogens with zero attached hydrogens (tertiary/aromatic N) is 8. The summed E-state index contributed by atoms with van der Waals surface area (Å²) < 4.78 is 3.57. The number of piperazine rings is 1. The fourth-order valence-corrected chi connectivity index (χ4v) is 3.37. The molecule has 0 aromatic carbocycles. The number of guanidine groups is 1. The van der Waals surface area contributed by atoms with E-state index in [9.17, 15) is 4.79 Å². The Labute approximate surface area is 168 Å². The van der Waals surface area contributed by atoms with Crippen molar-refractivity contribution in [2.45, 2.75) is 6.54 Å². The molecular formula is C19H23N9O. The number of carbonyl (C=O) groups excluding carboxylic acids is 1. The summed E-state index contributed by atoms with van der Waals surface area (Å²) in [6.45, 7) is 2.06. The van der Waals surface area contributed by atoms with Gasteiger partial charge in [0.2, 0.25) is 5.91 Å². The second-order valence-electron chi connectivity index (χ2n) is 6.70. The number of imidazole rings is 1. The van der Waals surface area contributed by atoms with Crippen LogP contribution in [-0.2, 0) is 18.4 Å². The smallest absolute Gasteiger partial charge is 0.246 e. The third kappa shape index (κ3) is 3.96. The van der Waals surface area contributed by atoms with E-state index in [1.165, 1.54) is 0 Å². The zero-order valence-electron chi connectivity index (χ0n) is 16.4. The Bertz CT molecular complexity index is 1010. The van der Waals surface area contributed by atoms with Crippen LogP contribution in [0.1, 0.15) is 5.56 Å². The first-order chi connectivity index (χ1) is 14.2. The third-order valence-corrected chi connectivity index (χ3v) is 4.79. The highest BCUT2D eigenvalue weighted by atomic mass is 16.2. The van der Waals surface area contributed by atoms with Gasteiger partial charge >= 0.3 is 0 Å². The molecule has 4 rings (SSSR count). The van der Waals surface area contributed by atoms with Gasteiger partial charge in [0.05, 0.1) is 11.9 Å². The van der Waals surface area contributed by atoms with Crippen LogP contribution in [0.4, 0.5) is 5.69 Å². The van der Waals surface area contributed by atoms with Crippen molar-refractivity contribution in [1.29, 1.82) is 0 Å². The number of hydrogen-bond donors (Lipinski definition) is 1. The number of nitrogens with one attached hydrogen (secondary N) is 1. The molecule has 4 heterocycles. The lowest BCUT2D eigenvalue weighted by Gasteiger charge is -2.35. The second kappa shape index (κ2) is 8.13. The first-order valence-electron chi connectivity index (χ1n) is 9.32. The SMILES string of the molecule is CN=C(NCc1cccnc1-n1ccnc1)N1CCN(c2cnn(C)c2)C(=O)C1. The van der Waals surface area contributed by atoms with E-state index in [1.807, 2.05) is 41.0 Å². The van der Waals surface area contributed by atoms with Crippen molar-refractivity contribution < 1.29 is 4.79 Å². The van der Waals surface area contributed by atoms with Crippen LogP contribution in [0, 0.1) is 0 Å². The molecule has 0 atom stereocenters. The maximum atomic E-state index is 12.7. The number of aryl methyl sites for hydroxylation is 1. The molecule has 1 N–H and O–H groups in total. The van der Waals surface area contributed by atoms with E-state index in [2.05, 4.69) is 25.4 Å². The topological polar surface area (TPSA) is 96.5 Å². The molecule has 1 aliphatic rings. The van der Waals surface area contributed by atoms with Crippen LogP contribution in [0.25, 0.3) is 5.82 Å². The Kier molecular flexibility index (Phi) is 5.23. The molecular weight excluding hydrogens is 370 g/mol. The van der Waals surface area contributed by atoms with Gasteiger partial charge < -0.3 is 15.1 Å². The van der Waals surface area contributed by atoms with E-state index >= 15 is 0 Å². The van der Waals surface area contributed by atoms with Crippen LogP contribution >= 0.6 is 0 Å². The molecule has 3 aromatic rings. The molecule has 0 unspecified atom stereocenters. The standard InChI is InChI=1S/C19H23N9O/c1-20-19(23-10-15-4-3-5-22-18(15)27-7-6-21-14-27)26-8-9-28(17(29)13-26)16-11-24-25(2)12-16/h3-7,11-12,14H,8-10,13H2,1-2H3,(H,20,23). The van der Waals surface area contributed by atoms with Gasteiger partial charge in [-0.3, -0.25) is 19.0 Å². The van der Waals surface area contributed by atoms with Gasteiger partial charge in [0.25, 0.3) is 0 Å². The molecule has 29 heavy (non-hydrogen) atoms. The van der Waals surface area contributed by atoms with Crippen LogP contribution in [0.3, 0.4) is 0 Å². The van der Waals surface area contributed by atoms with Gasteiger partial charge in [0.15, 0.2) is 5.96 Å². The molecule has 150 valence electrons. The number of carbonyl (C=O) groups is 1. The fourth-order valence-electron chi connectivity index (χ4n) is 3.37. The van der Waals surface area contributed by atoms with Crippen molar-refractivity contribution in [3.05, 3.63) is 55.0 Å². The van der Waals surface area contributed by atoms with Gasteiger partial charge in [-0.15, -0.1) is 0 Å². The van der Waals surface area contributed by atoms with Gasteiger partial charge in [-0.2, -0.15) is 5.10 Å². The molecule has 10 nitrogen and oxygen atoms in total. The number of aromatic nitrogens is 5. The van der Waals surface area contributed by atoms with Crippen LogP contribution in [0.2, 0.25) is 0 Å². The van der Waals surface area contributed by atoms with Crippen LogP contribution in [0.15, 0.2) is 54.4 Å². The summed E-state index contributed by atoms with van der Waals surface area (Å²) in [5.74, 6) is 1.52. The normalized spacial score (nSPS) is 15.1. The van der Waals surface area contributed by atoms with Gasteiger partial charge in [-0.25, -0.2) is 9.97 Å². The molecule has 3 aromatic heterocycles. The first-order valence-corrected chi connectivity index (χ1v) is 9.32. The van der Waals surface area contributed by atoms with Crippen molar-refractivity contribution in [1.82, 2.24) is 34.5 Å². The average Bonchev–Trinajstić information content (AvgIpc) is 3.41. The average molecular weight is 393 g/mol. The second-order valence-corrected chi connectivity index (χ2v) is 6.70. The molecule has 0 aliphatic carbocycles. The molecule has 0 bridgehead atoms. The quantitative estimate of drug-likeness (QED) is 0.510. The molecule has 1 amide bonds. The lowest BCUT2D eigenvalue weighted by Crippen LogP contribution is -2.55. The Hall–Kier alpha value is -3.69. The van der Waals surface area contributed by atoms with Crippen molar-refractivity contribution in [3.8, 4) is 5.82 Å². The molecule has 0 spiro atoms. The van der Waals surface area contributed by atoms with E-state index in [0.717, 1.165) is 17.1 Å². The Morgan fingerprint density at radius 2 is 2.21 bits per heavy atom. The maximum absolute atomic E-state index is 12.7. The highest BCUT2D eigenvalue weighted by Crippen LogP contribution is 2.16. The minimum atomic E-state index is 0.0210. The molecule has 0 saturated carbocycles. The summed E-state index contributed by atoms with van der Waals surface area (Å²) in [6.07, 6.45) is 10.6. The van der Waals surface area contributed by atoms with Crippen LogP contribution in [-0.4, -0.2) is 67.8 Å². The lowest BCUT2D eigenvalue weighted by molar-refractivity contribution is -0.120. The van der Waals surface area contributed by atoms with E-state index in [0.29, 0.717) is 25.6 Å². The van der Waals surface area contributed by atoms with Gasteiger partial charge in [0.1, 0.15) is 18.7 Å². The summed E-state index contributed by atoms with van der Waals surface area (Å²) >= 11 is 0. The third-order valence-electron chi connectivity index (χ3n) is 4.79. The van der Waals surface area contributed by atoms with E-state index in [4.69, 9.17) is 0 Å². The van der Waals surface area contributed by atoms with Crippen molar-refractivity contribution >= 4 is 17.6 Å². The number of anilines is 1. The number of hydrogen-bond acceptors (Lipinski definition) is 5. The zero-order chi connectivity index (χ0) is 20.2.